The SMILES string of the molecule is Cc1ccc(SCCCl)nc1. The predicted molar refractivity (Wildman–Crippen MR) is 50.4 cm³/mol. The second-order valence-corrected chi connectivity index (χ2v) is 3.70. The molecule has 1 rings (SSSR count). The van der Waals surface area contributed by atoms with Crippen molar-refractivity contribution in [2.45, 2.75) is 11.9 Å². The Morgan fingerprint density at radius 1 is 1.55 bits per heavy atom. The Kier molecular flexibility index (Phi) is 3.73. The molecule has 0 spiro atoms. The van der Waals surface area contributed by atoms with Crippen molar-refractivity contribution in [2.75, 3.05) is 11.6 Å². The normalized spacial score (nSPS) is 10.0. The number of halogens is 1. The van der Waals surface area contributed by atoms with Crippen LogP contribution in [0.15, 0.2) is 23.4 Å². The molecule has 0 atom stereocenters. The molecule has 0 amide bonds. The molecule has 0 aliphatic carbocycles. The minimum absolute atomic E-state index is 0.681. The molecule has 1 heterocycles. The van der Waals surface area contributed by atoms with Crippen LogP contribution in [-0.2, 0) is 0 Å². The summed E-state index contributed by atoms with van der Waals surface area (Å²) in [5, 5.41) is 1.05. The minimum Gasteiger partial charge on any atom is -0.250 e. The van der Waals surface area contributed by atoms with Crippen LogP contribution in [0.1, 0.15) is 5.56 Å². The van der Waals surface area contributed by atoms with E-state index in [2.05, 4.69) is 11.1 Å². The smallest absolute Gasteiger partial charge is 0.0960 e. The van der Waals surface area contributed by atoms with E-state index >= 15 is 0 Å². The zero-order valence-electron chi connectivity index (χ0n) is 6.38. The van der Waals surface area contributed by atoms with E-state index in [1.807, 2.05) is 19.2 Å². The highest BCUT2D eigenvalue weighted by Crippen LogP contribution is 2.14. The van der Waals surface area contributed by atoms with Crippen LogP contribution >= 0.6 is 23.4 Å². The summed E-state index contributed by atoms with van der Waals surface area (Å²) in [5.74, 6) is 1.61. The van der Waals surface area contributed by atoms with Gasteiger partial charge in [-0.3, -0.25) is 0 Å². The fraction of sp³-hybridized carbons (Fsp3) is 0.375. The van der Waals surface area contributed by atoms with Crippen LogP contribution in [0.2, 0.25) is 0 Å². The standard InChI is InChI=1S/C8H10ClNS/c1-7-2-3-8(10-6-7)11-5-4-9/h2-3,6H,4-5H2,1H3. The third kappa shape index (κ3) is 3.12. The molecule has 11 heavy (non-hydrogen) atoms. The zero-order valence-corrected chi connectivity index (χ0v) is 7.95. The van der Waals surface area contributed by atoms with Gasteiger partial charge in [0, 0.05) is 17.8 Å². The lowest BCUT2D eigenvalue weighted by molar-refractivity contribution is 1.11. The number of thioether (sulfide) groups is 1. The molecular weight excluding hydrogens is 178 g/mol. The van der Waals surface area contributed by atoms with Crippen LogP contribution in [0.5, 0.6) is 0 Å². The summed E-state index contributed by atoms with van der Waals surface area (Å²) in [4.78, 5) is 4.22. The highest BCUT2D eigenvalue weighted by atomic mass is 35.5. The van der Waals surface area contributed by atoms with Crippen molar-refractivity contribution in [3.05, 3.63) is 23.9 Å². The molecule has 1 aromatic heterocycles. The Morgan fingerprint density at radius 3 is 2.91 bits per heavy atom. The summed E-state index contributed by atoms with van der Waals surface area (Å²) in [6.07, 6.45) is 1.87. The van der Waals surface area contributed by atoms with Crippen molar-refractivity contribution in [1.29, 1.82) is 0 Å². The first kappa shape index (κ1) is 8.88. The molecule has 0 bridgehead atoms. The van der Waals surface area contributed by atoms with Crippen molar-refractivity contribution in [2.24, 2.45) is 0 Å². The molecule has 0 aliphatic rings. The lowest BCUT2D eigenvalue weighted by Gasteiger charge is -1.97. The molecule has 0 aromatic carbocycles. The van der Waals surface area contributed by atoms with Crippen molar-refractivity contribution in [3.63, 3.8) is 0 Å². The van der Waals surface area contributed by atoms with Gasteiger partial charge >= 0.3 is 0 Å². The molecule has 0 fully saturated rings. The summed E-state index contributed by atoms with van der Waals surface area (Å²) in [5.41, 5.74) is 1.19. The quantitative estimate of drug-likeness (QED) is 0.533. The van der Waals surface area contributed by atoms with E-state index in [9.17, 15) is 0 Å². The Hall–Kier alpha value is -0.210. The Bertz CT molecular complexity index is 210. The van der Waals surface area contributed by atoms with E-state index in [0.29, 0.717) is 5.88 Å². The van der Waals surface area contributed by atoms with Gasteiger partial charge in [0.05, 0.1) is 5.03 Å². The topological polar surface area (TPSA) is 12.9 Å². The second kappa shape index (κ2) is 4.62. The molecule has 0 saturated carbocycles. The van der Waals surface area contributed by atoms with Gasteiger partial charge in [-0.2, -0.15) is 0 Å². The first-order valence-corrected chi connectivity index (χ1v) is 4.96. The van der Waals surface area contributed by atoms with E-state index < -0.39 is 0 Å². The van der Waals surface area contributed by atoms with Gasteiger partial charge in [0.25, 0.3) is 0 Å². The fourth-order valence-electron chi connectivity index (χ4n) is 0.683. The number of aromatic nitrogens is 1. The molecule has 3 heteroatoms. The Balaban J connectivity index is 2.52. The van der Waals surface area contributed by atoms with Crippen LogP contribution in [0.25, 0.3) is 0 Å². The summed E-state index contributed by atoms with van der Waals surface area (Å²) >= 11 is 7.22. The summed E-state index contributed by atoms with van der Waals surface area (Å²) < 4.78 is 0. The first-order valence-electron chi connectivity index (χ1n) is 3.44. The third-order valence-electron chi connectivity index (χ3n) is 1.21. The fourth-order valence-corrected chi connectivity index (χ4v) is 1.49. The van der Waals surface area contributed by atoms with Gasteiger partial charge in [-0.1, -0.05) is 6.07 Å². The van der Waals surface area contributed by atoms with Gasteiger partial charge < -0.3 is 0 Å². The van der Waals surface area contributed by atoms with Crippen LogP contribution in [-0.4, -0.2) is 16.6 Å². The summed E-state index contributed by atoms with van der Waals surface area (Å²) in [7, 11) is 0. The number of aryl methyl sites for hydroxylation is 1. The number of hydrogen-bond donors (Lipinski definition) is 0. The van der Waals surface area contributed by atoms with Crippen LogP contribution in [0.3, 0.4) is 0 Å². The molecule has 1 aromatic rings. The lowest BCUT2D eigenvalue weighted by atomic mass is 10.3. The van der Waals surface area contributed by atoms with Crippen LogP contribution in [0.4, 0.5) is 0 Å². The number of pyridine rings is 1. The zero-order chi connectivity index (χ0) is 8.10. The summed E-state index contributed by atoms with van der Waals surface area (Å²) in [6.45, 7) is 2.03. The molecule has 0 unspecified atom stereocenters. The number of alkyl halides is 1. The van der Waals surface area contributed by atoms with E-state index in [4.69, 9.17) is 11.6 Å². The van der Waals surface area contributed by atoms with Crippen LogP contribution in [0, 0.1) is 6.92 Å². The third-order valence-corrected chi connectivity index (χ3v) is 2.57. The van der Waals surface area contributed by atoms with Gasteiger partial charge in [0.15, 0.2) is 0 Å². The molecule has 0 radical (unpaired) electrons. The first-order chi connectivity index (χ1) is 5.33. The van der Waals surface area contributed by atoms with Crippen molar-refractivity contribution in [3.8, 4) is 0 Å². The monoisotopic (exact) mass is 187 g/mol. The predicted octanol–water partition coefficient (Wildman–Crippen LogP) is 2.72. The molecule has 60 valence electrons. The number of hydrogen-bond acceptors (Lipinski definition) is 2. The maximum atomic E-state index is 5.53. The molecule has 1 nitrogen and oxygen atoms in total. The molecular formula is C8H10ClNS. The maximum Gasteiger partial charge on any atom is 0.0960 e. The molecule has 0 N–H and O–H groups in total. The van der Waals surface area contributed by atoms with Crippen molar-refractivity contribution >= 4 is 23.4 Å². The second-order valence-electron chi connectivity index (χ2n) is 2.21. The van der Waals surface area contributed by atoms with Gasteiger partial charge in [-0.25, -0.2) is 4.98 Å². The van der Waals surface area contributed by atoms with E-state index in [-0.39, 0.29) is 0 Å². The van der Waals surface area contributed by atoms with Gasteiger partial charge in [0.2, 0.25) is 0 Å². The van der Waals surface area contributed by atoms with E-state index in [0.717, 1.165) is 10.8 Å². The highest BCUT2D eigenvalue weighted by Gasteiger charge is 1.92. The highest BCUT2D eigenvalue weighted by molar-refractivity contribution is 7.99. The average molecular weight is 188 g/mol. The van der Waals surface area contributed by atoms with Crippen molar-refractivity contribution < 1.29 is 0 Å². The minimum atomic E-state index is 0.681. The molecule has 0 aliphatic heterocycles. The Morgan fingerprint density at radius 2 is 2.36 bits per heavy atom. The summed E-state index contributed by atoms with van der Waals surface area (Å²) in [6, 6.07) is 4.08. The largest absolute Gasteiger partial charge is 0.250 e. The number of rotatable bonds is 3. The van der Waals surface area contributed by atoms with E-state index in [1.165, 1.54) is 5.56 Å². The lowest BCUT2D eigenvalue weighted by Crippen LogP contribution is -1.83. The average Bonchev–Trinajstić information content (AvgIpc) is 2.04. The molecule has 0 saturated heterocycles. The van der Waals surface area contributed by atoms with Crippen LogP contribution < -0.4 is 0 Å². The number of nitrogens with zero attached hydrogens (tertiary/aromatic N) is 1. The van der Waals surface area contributed by atoms with Gasteiger partial charge in [0.1, 0.15) is 0 Å². The van der Waals surface area contributed by atoms with Gasteiger partial charge in [-0.05, 0) is 18.6 Å². The van der Waals surface area contributed by atoms with Crippen molar-refractivity contribution in [1.82, 2.24) is 4.98 Å². The maximum absolute atomic E-state index is 5.53. The Labute approximate surface area is 76.2 Å². The van der Waals surface area contributed by atoms with Gasteiger partial charge in [-0.15, -0.1) is 23.4 Å². The van der Waals surface area contributed by atoms with E-state index in [1.54, 1.807) is 11.8 Å².